The Morgan fingerprint density at radius 3 is 2.55 bits per heavy atom. The summed E-state index contributed by atoms with van der Waals surface area (Å²) >= 11 is 0. The van der Waals surface area contributed by atoms with Gasteiger partial charge in [0.1, 0.15) is 12.4 Å². The van der Waals surface area contributed by atoms with Crippen molar-refractivity contribution < 1.29 is 19.7 Å². The molecule has 3 rings (SSSR count). The van der Waals surface area contributed by atoms with Crippen LogP contribution in [0.5, 0.6) is 5.75 Å². The number of hydrogen-bond acceptors (Lipinski definition) is 3. The lowest BCUT2D eigenvalue weighted by Gasteiger charge is -2.14. The van der Waals surface area contributed by atoms with Crippen LogP contribution in [0, 0.1) is 0 Å². The molecule has 4 heteroatoms. The summed E-state index contributed by atoms with van der Waals surface area (Å²) in [7, 11) is 0. The van der Waals surface area contributed by atoms with Crippen molar-refractivity contribution in [3.8, 4) is 5.75 Å². The van der Waals surface area contributed by atoms with Crippen molar-refractivity contribution in [3.05, 3.63) is 54.1 Å². The first-order valence-corrected chi connectivity index (χ1v) is 7.06. The smallest absolute Gasteiger partial charge is 0.335 e. The minimum atomic E-state index is -0.975. The van der Waals surface area contributed by atoms with E-state index in [4.69, 9.17) is 4.74 Å². The summed E-state index contributed by atoms with van der Waals surface area (Å²) in [5, 5.41) is 22.2. The number of hydrogen-bond donors (Lipinski definition) is 2. The summed E-state index contributed by atoms with van der Waals surface area (Å²) in [5.41, 5.74) is 0.213. The largest absolute Gasteiger partial charge is 0.490 e. The first kappa shape index (κ1) is 14.4. The van der Waals surface area contributed by atoms with Crippen LogP contribution in [0.4, 0.5) is 0 Å². The Hall–Kier alpha value is -2.59. The summed E-state index contributed by atoms with van der Waals surface area (Å²) in [4.78, 5) is 11.2. The lowest BCUT2D eigenvalue weighted by atomic mass is 10.00. The number of fused-ring (bicyclic) bond motifs is 2. The standard InChI is InChI=1S/C18H16O4/c1-11(19)10-22-17-15-5-3-2-4-12(15)8-13-6-7-14(18(20)21)9-16(13)17/h2-9,11,19H,10H2,1H3,(H,20,21). The third kappa shape index (κ3) is 2.61. The molecule has 0 aliphatic carbocycles. The van der Waals surface area contributed by atoms with Gasteiger partial charge in [0.25, 0.3) is 0 Å². The van der Waals surface area contributed by atoms with E-state index in [1.54, 1.807) is 25.1 Å². The number of carboxylic acids is 1. The van der Waals surface area contributed by atoms with E-state index in [0.717, 1.165) is 21.5 Å². The van der Waals surface area contributed by atoms with Gasteiger partial charge in [0.05, 0.1) is 11.7 Å². The van der Waals surface area contributed by atoms with E-state index in [2.05, 4.69) is 0 Å². The second-order valence-electron chi connectivity index (χ2n) is 5.33. The van der Waals surface area contributed by atoms with Crippen molar-refractivity contribution in [1.29, 1.82) is 0 Å². The van der Waals surface area contributed by atoms with Crippen LogP contribution < -0.4 is 4.74 Å². The van der Waals surface area contributed by atoms with Gasteiger partial charge < -0.3 is 14.9 Å². The maximum atomic E-state index is 11.2. The van der Waals surface area contributed by atoms with Crippen LogP contribution in [-0.4, -0.2) is 28.9 Å². The van der Waals surface area contributed by atoms with Crippen LogP contribution in [0.3, 0.4) is 0 Å². The molecule has 22 heavy (non-hydrogen) atoms. The van der Waals surface area contributed by atoms with Crippen molar-refractivity contribution in [1.82, 2.24) is 0 Å². The Bertz CT molecular complexity index is 852. The monoisotopic (exact) mass is 296 g/mol. The van der Waals surface area contributed by atoms with Crippen LogP contribution in [0.15, 0.2) is 48.5 Å². The average molecular weight is 296 g/mol. The van der Waals surface area contributed by atoms with E-state index in [9.17, 15) is 15.0 Å². The molecular weight excluding hydrogens is 280 g/mol. The molecule has 0 saturated heterocycles. The highest BCUT2D eigenvalue weighted by Gasteiger charge is 2.12. The van der Waals surface area contributed by atoms with Gasteiger partial charge in [-0.15, -0.1) is 0 Å². The normalized spacial score (nSPS) is 12.5. The number of carboxylic acid groups (broad SMARTS) is 1. The molecule has 0 bridgehead atoms. The minimum absolute atomic E-state index is 0.153. The molecule has 0 heterocycles. The fraction of sp³-hybridized carbons (Fsp3) is 0.167. The Morgan fingerprint density at radius 1 is 1.09 bits per heavy atom. The first-order chi connectivity index (χ1) is 10.6. The highest BCUT2D eigenvalue weighted by atomic mass is 16.5. The van der Waals surface area contributed by atoms with Gasteiger partial charge in [-0.25, -0.2) is 4.79 Å². The molecule has 0 fully saturated rings. The Labute approximate surface area is 127 Å². The highest BCUT2D eigenvalue weighted by molar-refractivity contribution is 6.07. The van der Waals surface area contributed by atoms with Gasteiger partial charge in [-0.05, 0) is 35.9 Å². The molecule has 3 aromatic carbocycles. The summed E-state index contributed by atoms with van der Waals surface area (Å²) in [6, 6.07) is 14.7. The zero-order valence-corrected chi connectivity index (χ0v) is 12.1. The molecule has 3 aromatic rings. The van der Waals surface area contributed by atoms with Crippen molar-refractivity contribution in [3.63, 3.8) is 0 Å². The maximum Gasteiger partial charge on any atom is 0.335 e. The predicted octanol–water partition coefficient (Wildman–Crippen LogP) is 3.45. The van der Waals surface area contributed by atoms with Gasteiger partial charge in [0.2, 0.25) is 0 Å². The fourth-order valence-electron chi connectivity index (χ4n) is 2.51. The molecule has 1 unspecified atom stereocenters. The first-order valence-electron chi connectivity index (χ1n) is 7.06. The van der Waals surface area contributed by atoms with Gasteiger partial charge >= 0.3 is 5.97 Å². The molecule has 0 amide bonds. The molecule has 1 atom stereocenters. The van der Waals surface area contributed by atoms with Crippen LogP contribution in [-0.2, 0) is 0 Å². The van der Waals surface area contributed by atoms with Crippen molar-refractivity contribution in [2.75, 3.05) is 6.61 Å². The SMILES string of the molecule is CC(O)COc1c2ccccc2cc2ccc(C(=O)O)cc12. The van der Waals surface area contributed by atoms with E-state index in [-0.39, 0.29) is 12.2 Å². The quantitative estimate of drug-likeness (QED) is 0.724. The molecule has 0 spiro atoms. The second kappa shape index (κ2) is 5.66. The van der Waals surface area contributed by atoms with Gasteiger partial charge in [-0.3, -0.25) is 0 Å². The average Bonchev–Trinajstić information content (AvgIpc) is 2.50. The molecule has 0 aromatic heterocycles. The molecule has 112 valence electrons. The van der Waals surface area contributed by atoms with Crippen LogP contribution in [0.2, 0.25) is 0 Å². The molecular formula is C18H16O4. The number of aromatic carboxylic acids is 1. The molecule has 0 saturated carbocycles. The molecule has 0 radical (unpaired) electrons. The van der Waals surface area contributed by atoms with Crippen molar-refractivity contribution in [2.24, 2.45) is 0 Å². The van der Waals surface area contributed by atoms with E-state index in [0.29, 0.717) is 5.75 Å². The number of rotatable bonds is 4. The van der Waals surface area contributed by atoms with Crippen LogP contribution >= 0.6 is 0 Å². The zero-order valence-electron chi connectivity index (χ0n) is 12.1. The summed E-state index contributed by atoms with van der Waals surface area (Å²) in [5.74, 6) is -0.367. The van der Waals surface area contributed by atoms with Gasteiger partial charge in [-0.2, -0.15) is 0 Å². The number of benzene rings is 3. The molecule has 2 N–H and O–H groups in total. The molecule has 4 nitrogen and oxygen atoms in total. The maximum absolute atomic E-state index is 11.2. The van der Waals surface area contributed by atoms with E-state index in [1.165, 1.54) is 0 Å². The van der Waals surface area contributed by atoms with E-state index in [1.807, 2.05) is 30.3 Å². The Balaban J connectivity index is 2.29. The minimum Gasteiger partial charge on any atom is -0.490 e. The Morgan fingerprint density at radius 2 is 1.82 bits per heavy atom. The van der Waals surface area contributed by atoms with Gasteiger partial charge in [-0.1, -0.05) is 30.3 Å². The molecule has 0 aliphatic rings. The van der Waals surface area contributed by atoms with Crippen LogP contribution in [0.25, 0.3) is 21.5 Å². The van der Waals surface area contributed by atoms with Gasteiger partial charge in [0, 0.05) is 10.8 Å². The fourth-order valence-corrected chi connectivity index (χ4v) is 2.51. The van der Waals surface area contributed by atoms with E-state index >= 15 is 0 Å². The highest BCUT2D eigenvalue weighted by Crippen LogP contribution is 2.35. The number of carbonyl (C=O) groups is 1. The number of aliphatic hydroxyl groups is 1. The molecule has 0 aliphatic heterocycles. The lowest BCUT2D eigenvalue weighted by Crippen LogP contribution is -2.13. The lowest BCUT2D eigenvalue weighted by molar-refractivity contribution is 0.0697. The van der Waals surface area contributed by atoms with Crippen molar-refractivity contribution in [2.45, 2.75) is 13.0 Å². The van der Waals surface area contributed by atoms with Crippen LogP contribution in [0.1, 0.15) is 17.3 Å². The van der Waals surface area contributed by atoms with Gasteiger partial charge in [0.15, 0.2) is 0 Å². The third-order valence-electron chi connectivity index (χ3n) is 3.53. The predicted molar refractivity (Wildman–Crippen MR) is 85.6 cm³/mol. The number of aliphatic hydroxyl groups excluding tert-OH is 1. The summed E-state index contributed by atoms with van der Waals surface area (Å²) in [6.07, 6.45) is -0.600. The third-order valence-corrected chi connectivity index (χ3v) is 3.53. The summed E-state index contributed by atoms with van der Waals surface area (Å²) < 4.78 is 5.79. The van der Waals surface area contributed by atoms with E-state index < -0.39 is 12.1 Å². The topological polar surface area (TPSA) is 66.8 Å². The Kier molecular flexibility index (Phi) is 3.69. The second-order valence-corrected chi connectivity index (χ2v) is 5.33. The summed E-state index contributed by atoms with van der Waals surface area (Å²) in [6.45, 7) is 1.80. The number of ether oxygens (including phenoxy) is 1. The zero-order chi connectivity index (χ0) is 15.7. The van der Waals surface area contributed by atoms with Crippen molar-refractivity contribution >= 4 is 27.5 Å².